The molecule has 1 saturated heterocycles. The first kappa shape index (κ1) is 18.3. The summed E-state index contributed by atoms with van der Waals surface area (Å²) in [5.74, 6) is 0.255. The third kappa shape index (κ3) is 3.58. The summed E-state index contributed by atoms with van der Waals surface area (Å²) < 4.78 is 15.4. The normalized spacial score (nSPS) is 17.1. The van der Waals surface area contributed by atoms with Gasteiger partial charge in [-0.15, -0.1) is 0 Å². The fourth-order valence-corrected chi connectivity index (χ4v) is 4.05. The molecule has 1 aromatic carbocycles. The number of fused-ring (bicyclic) bond motifs is 1. The van der Waals surface area contributed by atoms with Gasteiger partial charge in [0.25, 0.3) is 5.56 Å². The minimum absolute atomic E-state index is 0.100. The minimum atomic E-state index is -0.507. The summed E-state index contributed by atoms with van der Waals surface area (Å²) >= 11 is 6.21. The Morgan fingerprint density at radius 2 is 1.96 bits per heavy atom. The predicted octanol–water partition coefficient (Wildman–Crippen LogP) is 4.54. The van der Waals surface area contributed by atoms with Gasteiger partial charge in [0, 0.05) is 6.54 Å². The topological polar surface area (TPSA) is 38.1 Å². The Balaban J connectivity index is 2.20. The Kier molecular flexibility index (Phi) is 5.74. The van der Waals surface area contributed by atoms with E-state index >= 15 is 0 Å². The van der Waals surface area contributed by atoms with Crippen LogP contribution in [0.25, 0.3) is 10.9 Å². The first-order valence-corrected chi connectivity index (χ1v) is 9.58. The molecule has 6 heteroatoms. The first-order chi connectivity index (χ1) is 12.1. The maximum absolute atomic E-state index is 13.7. The molecule has 136 valence electrons. The lowest BCUT2D eigenvalue weighted by molar-refractivity contribution is 0.144. The smallest absolute Gasteiger partial charge is 0.261 e. The van der Waals surface area contributed by atoms with Crippen LogP contribution in [-0.2, 0) is 6.54 Å². The second-order valence-corrected chi connectivity index (χ2v) is 7.11. The summed E-state index contributed by atoms with van der Waals surface area (Å²) in [6.45, 7) is 6.64. The number of likely N-dealkylation sites (tertiary alicyclic amines) is 1. The highest BCUT2D eigenvalue weighted by Crippen LogP contribution is 2.29. The largest absolute Gasteiger partial charge is 0.295 e. The van der Waals surface area contributed by atoms with Crippen LogP contribution in [0.5, 0.6) is 0 Å². The van der Waals surface area contributed by atoms with Crippen molar-refractivity contribution in [1.29, 1.82) is 0 Å². The number of nitrogens with zero attached hydrogens (tertiary/aromatic N) is 3. The van der Waals surface area contributed by atoms with Gasteiger partial charge in [-0.25, -0.2) is 9.37 Å². The number of hydrogen-bond acceptors (Lipinski definition) is 3. The van der Waals surface area contributed by atoms with Crippen molar-refractivity contribution in [1.82, 2.24) is 14.5 Å². The summed E-state index contributed by atoms with van der Waals surface area (Å²) in [5.41, 5.74) is 0.202. The Labute approximate surface area is 152 Å². The SMILES string of the molecule is CCCC(c1nc2c(Cl)cc(F)cc2c(=O)n1CC)N1CCCCC1. The Hall–Kier alpha value is -1.46. The molecule has 0 N–H and O–H groups in total. The number of halogens is 2. The van der Waals surface area contributed by atoms with Gasteiger partial charge in [-0.1, -0.05) is 31.4 Å². The highest BCUT2D eigenvalue weighted by molar-refractivity contribution is 6.35. The summed E-state index contributed by atoms with van der Waals surface area (Å²) in [5, 5.41) is 0.454. The zero-order valence-electron chi connectivity index (χ0n) is 14.9. The lowest BCUT2D eigenvalue weighted by atomic mass is 10.0. The van der Waals surface area contributed by atoms with Crippen molar-refractivity contribution >= 4 is 22.5 Å². The van der Waals surface area contributed by atoms with Crippen molar-refractivity contribution < 1.29 is 4.39 Å². The van der Waals surface area contributed by atoms with E-state index in [1.165, 1.54) is 31.4 Å². The van der Waals surface area contributed by atoms with E-state index in [2.05, 4.69) is 11.8 Å². The summed E-state index contributed by atoms with van der Waals surface area (Å²) in [4.78, 5) is 20.2. The molecule has 0 saturated carbocycles. The summed E-state index contributed by atoms with van der Waals surface area (Å²) in [6, 6.07) is 2.57. The van der Waals surface area contributed by atoms with Gasteiger partial charge in [-0.05, 0) is 51.4 Å². The average Bonchev–Trinajstić information content (AvgIpc) is 2.61. The first-order valence-electron chi connectivity index (χ1n) is 9.20. The van der Waals surface area contributed by atoms with Crippen LogP contribution in [0.2, 0.25) is 5.02 Å². The van der Waals surface area contributed by atoms with Crippen LogP contribution in [0.3, 0.4) is 0 Å². The van der Waals surface area contributed by atoms with Gasteiger partial charge in [-0.2, -0.15) is 0 Å². The van der Waals surface area contributed by atoms with E-state index in [1.807, 2.05) is 6.92 Å². The van der Waals surface area contributed by atoms with Crippen LogP contribution >= 0.6 is 11.6 Å². The van der Waals surface area contributed by atoms with Crippen molar-refractivity contribution in [3.05, 3.63) is 39.2 Å². The van der Waals surface area contributed by atoms with E-state index in [4.69, 9.17) is 16.6 Å². The number of hydrogen-bond donors (Lipinski definition) is 0. The van der Waals surface area contributed by atoms with Gasteiger partial charge in [0.1, 0.15) is 11.6 Å². The molecule has 0 aliphatic carbocycles. The molecule has 3 rings (SSSR count). The Morgan fingerprint density at radius 1 is 1.24 bits per heavy atom. The molecule has 1 unspecified atom stereocenters. The van der Waals surface area contributed by atoms with Crippen LogP contribution in [0.15, 0.2) is 16.9 Å². The molecule has 1 atom stereocenters. The number of rotatable bonds is 5. The molecule has 2 heterocycles. The molecular formula is C19H25ClFN3O. The molecule has 1 aliphatic heterocycles. The fourth-order valence-electron chi connectivity index (χ4n) is 3.81. The zero-order valence-corrected chi connectivity index (χ0v) is 15.7. The van der Waals surface area contributed by atoms with Gasteiger partial charge >= 0.3 is 0 Å². The predicted molar refractivity (Wildman–Crippen MR) is 99.7 cm³/mol. The van der Waals surface area contributed by atoms with Crippen LogP contribution < -0.4 is 5.56 Å². The Bertz CT molecular complexity index is 814. The maximum atomic E-state index is 13.7. The van der Waals surface area contributed by atoms with Crippen molar-refractivity contribution in [2.45, 2.75) is 58.5 Å². The third-order valence-corrected chi connectivity index (χ3v) is 5.30. The lowest BCUT2D eigenvalue weighted by Crippen LogP contribution is -2.38. The highest BCUT2D eigenvalue weighted by Gasteiger charge is 2.26. The molecular weight excluding hydrogens is 341 g/mol. The fraction of sp³-hybridized carbons (Fsp3) is 0.579. The van der Waals surface area contributed by atoms with E-state index in [1.54, 1.807) is 4.57 Å². The molecule has 1 fully saturated rings. The van der Waals surface area contributed by atoms with Crippen molar-refractivity contribution in [2.75, 3.05) is 13.1 Å². The van der Waals surface area contributed by atoms with E-state index in [0.717, 1.165) is 31.8 Å². The van der Waals surface area contributed by atoms with E-state index in [-0.39, 0.29) is 22.0 Å². The lowest BCUT2D eigenvalue weighted by Gasteiger charge is -2.35. The molecule has 4 nitrogen and oxygen atoms in total. The van der Waals surface area contributed by atoms with Crippen LogP contribution in [-0.4, -0.2) is 27.5 Å². The van der Waals surface area contributed by atoms with E-state index in [9.17, 15) is 9.18 Å². The molecule has 0 radical (unpaired) electrons. The molecule has 2 aromatic rings. The van der Waals surface area contributed by atoms with Crippen LogP contribution in [0, 0.1) is 5.82 Å². The van der Waals surface area contributed by atoms with Gasteiger partial charge in [0.05, 0.1) is 22.0 Å². The quantitative estimate of drug-likeness (QED) is 0.780. The molecule has 1 aromatic heterocycles. The highest BCUT2D eigenvalue weighted by atomic mass is 35.5. The second-order valence-electron chi connectivity index (χ2n) is 6.70. The molecule has 0 spiro atoms. The second kappa shape index (κ2) is 7.83. The van der Waals surface area contributed by atoms with Crippen molar-refractivity contribution in [3.8, 4) is 0 Å². The number of piperidine rings is 1. The number of benzene rings is 1. The molecule has 25 heavy (non-hydrogen) atoms. The molecule has 1 aliphatic rings. The zero-order chi connectivity index (χ0) is 18.0. The van der Waals surface area contributed by atoms with Crippen LogP contribution in [0.4, 0.5) is 4.39 Å². The third-order valence-electron chi connectivity index (χ3n) is 5.01. The van der Waals surface area contributed by atoms with E-state index in [0.29, 0.717) is 12.1 Å². The number of aromatic nitrogens is 2. The molecule has 0 bridgehead atoms. The minimum Gasteiger partial charge on any atom is -0.295 e. The van der Waals surface area contributed by atoms with Crippen molar-refractivity contribution in [3.63, 3.8) is 0 Å². The summed E-state index contributed by atoms with van der Waals surface area (Å²) in [7, 11) is 0. The maximum Gasteiger partial charge on any atom is 0.261 e. The van der Waals surface area contributed by atoms with E-state index < -0.39 is 5.82 Å². The van der Waals surface area contributed by atoms with Gasteiger partial charge in [0.15, 0.2) is 0 Å². The molecule has 0 amide bonds. The Morgan fingerprint density at radius 3 is 2.60 bits per heavy atom. The van der Waals surface area contributed by atoms with Gasteiger partial charge in [-0.3, -0.25) is 14.3 Å². The summed E-state index contributed by atoms with van der Waals surface area (Å²) in [6.07, 6.45) is 5.56. The van der Waals surface area contributed by atoms with Crippen LogP contribution in [0.1, 0.15) is 57.8 Å². The average molecular weight is 366 g/mol. The van der Waals surface area contributed by atoms with Gasteiger partial charge in [0.2, 0.25) is 0 Å². The van der Waals surface area contributed by atoms with Gasteiger partial charge < -0.3 is 0 Å². The standard InChI is InChI=1S/C19H25ClFN3O/c1-3-8-16(23-9-6-5-7-10-23)18-22-17-14(19(25)24(18)4-2)11-13(21)12-15(17)20/h11-12,16H,3-10H2,1-2H3. The monoisotopic (exact) mass is 365 g/mol. The van der Waals surface area contributed by atoms with Crippen molar-refractivity contribution in [2.24, 2.45) is 0 Å².